The Morgan fingerprint density at radius 1 is 0.756 bits per heavy atom. The van der Waals surface area contributed by atoms with Crippen molar-refractivity contribution in [1.82, 2.24) is 0 Å². The van der Waals surface area contributed by atoms with Gasteiger partial charge < -0.3 is 24.1 Å². The minimum atomic E-state index is -0.698. The molecular formula is C37H38O8. The maximum atomic E-state index is 12.7. The summed E-state index contributed by atoms with van der Waals surface area (Å²) in [6.07, 6.45) is 3.33. The summed E-state index contributed by atoms with van der Waals surface area (Å²) in [5, 5.41) is 9.10. The zero-order valence-corrected chi connectivity index (χ0v) is 25.7. The molecule has 3 aromatic carbocycles. The normalized spacial score (nSPS) is 15.9. The number of rotatable bonds is 12. The lowest BCUT2D eigenvalue weighted by atomic mass is 9.82. The van der Waals surface area contributed by atoms with E-state index in [9.17, 15) is 14.4 Å². The molecule has 3 aromatic rings. The Balaban J connectivity index is 1.57. The van der Waals surface area contributed by atoms with Crippen LogP contribution in [0.1, 0.15) is 44.1 Å². The first-order valence-electron chi connectivity index (χ1n) is 14.7. The molecule has 0 amide bonds. The molecule has 0 spiro atoms. The van der Waals surface area contributed by atoms with E-state index in [0.29, 0.717) is 28.6 Å². The molecule has 0 radical (unpaired) electrons. The molecule has 45 heavy (non-hydrogen) atoms. The number of aliphatic hydroxyl groups excluding tert-OH is 1. The van der Waals surface area contributed by atoms with Gasteiger partial charge in [-0.15, -0.1) is 0 Å². The van der Waals surface area contributed by atoms with E-state index in [-0.39, 0.29) is 29.8 Å². The van der Waals surface area contributed by atoms with Crippen molar-refractivity contribution in [1.29, 1.82) is 0 Å². The molecule has 8 nitrogen and oxygen atoms in total. The molecule has 0 heterocycles. The van der Waals surface area contributed by atoms with Gasteiger partial charge in [-0.25, -0.2) is 14.4 Å². The fraction of sp³-hybridized carbons (Fsp3) is 0.270. The molecule has 234 valence electrons. The van der Waals surface area contributed by atoms with Crippen LogP contribution in [0.3, 0.4) is 0 Å². The van der Waals surface area contributed by atoms with Crippen molar-refractivity contribution in [3.05, 3.63) is 109 Å². The third kappa shape index (κ3) is 8.65. The van der Waals surface area contributed by atoms with Gasteiger partial charge in [0.1, 0.15) is 17.6 Å². The molecule has 1 aliphatic carbocycles. The third-order valence-electron chi connectivity index (χ3n) is 7.66. The lowest BCUT2D eigenvalue weighted by Crippen LogP contribution is -2.24. The fourth-order valence-corrected chi connectivity index (χ4v) is 5.09. The number of methoxy groups -OCH3 is 1. The second-order valence-corrected chi connectivity index (χ2v) is 11.1. The number of hydrogen-bond donors (Lipinski definition) is 1. The minimum Gasteiger partial charge on any atom is -0.459 e. The van der Waals surface area contributed by atoms with Crippen LogP contribution in [0.25, 0.3) is 22.3 Å². The lowest BCUT2D eigenvalue weighted by Gasteiger charge is -2.28. The van der Waals surface area contributed by atoms with E-state index in [2.05, 4.69) is 31.9 Å². The maximum absolute atomic E-state index is 12.7. The van der Waals surface area contributed by atoms with Gasteiger partial charge in [-0.2, -0.15) is 0 Å². The predicted molar refractivity (Wildman–Crippen MR) is 172 cm³/mol. The summed E-state index contributed by atoms with van der Waals surface area (Å²) in [5.74, 6) is -0.572. The molecule has 0 atom stereocenters. The van der Waals surface area contributed by atoms with Crippen molar-refractivity contribution in [3.8, 4) is 33.8 Å². The minimum absolute atomic E-state index is 0.0372. The topological polar surface area (TPSA) is 108 Å². The van der Waals surface area contributed by atoms with Crippen molar-refractivity contribution in [3.63, 3.8) is 0 Å². The Morgan fingerprint density at radius 3 is 1.96 bits per heavy atom. The molecule has 1 saturated carbocycles. The van der Waals surface area contributed by atoms with Gasteiger partial charge >= 0.3 is 17.9 Å². The van der Waals surface area contributed by atoms with Gasteiger partial charge in [-0.05, 0) is 85.0 Å². The predicted octanol–water partition coefficient (Wildman–Crippen LogP) is 6.73. The number of carbonyl (C=O) groups is 3. The fourth-order valence-electron chi connectivity index (χ4n) is 5.09. The molecule has 1 aliphatic rings. The first-order valence-corrected chi connectivity index (χ1v) is 14.7. The smallest absolute Gasteiger partial charge is 0.341 e. The number of esters is 3. The van der Waals surface area contributed by atoms with E-state index in [4.69, 9.17) is 24.1 Å². The van der Waals surface area contributed by atoms with Gasteiger partial charge in [0.2, 0.25) is 0 Å². The SMILES string of the molecule is C=C(C)C(=O)OC1CCC(c2ccc(-c3cc(-c4ccc(OC(=O)C(=C)CO)cc4)ccc3OC(=O)C(=C)COC)cc2)CC1. The average Bonchev–Trinajstić information content (AvgIpc) is 3.05. The van der Waals surface area contributed by atoms with Crippen molar-refractivity contribution in [2.45, 2.75) is 44.6 Å². The van der Waals surface area contributed by atoms with Crippen LogP contribution in [0, 0.1) is 0 Å². The first-order chi connectivity index (χ1) is 21.6. The molecule has 4 rings (SSSR count). The number of hydrogen-bond acceptors (Lipinski definition) is 8. The number of benzene rings is 3. The highest BCUT2D eigenvalue weighted by atomic mass is 16.5. The Morgan fingerprint density at radius 2 is 1.36 bits per heavy atom. The molecule has 0 aliphatic heterocycles. The van der Waals surface area contributed by atoms with Gasteiger partial charge in [0.25, 0.3) is 0 Å². The van der Waals surface area contributed by atoms with Crippen molar-refractivity contribution >= 4 is 17.9 Å². The summed E-state index contributed by atoms with van der Waals surface area (Å²) in [6, 6.07) is 20.7. The quantitative estimate of drug-likeness (QED) is 0.137. The summed E-state index contributed by atoms with van der Waals surface area (Å²) in [4.78, 5) is 36.6. The zero-order chi connectivity index (χ0) is 32.5. The van der Waals surface area contributed by atoms with Gasteiger partial charge in [-0.3, -0.25) is 0 Å². The highest BCUT2D eigenvalue weighted by Gasteiger charge is 2.25. The second kappa shape index (κ2) is 15.3. The third-order valence-corrected chi connectivity index (χ3v) is 7.66. The number of ether oxygens (including phenoxy) is 4. The Bertz CT molecular complexity index is 1580. The van der Waals surface area contributed by atoms with Gasteiger partial charge in [0, 0.05) is 18.2 Å². The van der Waals surface area contributed by atoms with E-state index in [1.807, 2.05) is 36.4 Å². The Hall–Kier alpha value is -4.79. The molecule has 0 unspecified atom stereocenters. The van der Waals surface area contributed by atoms with Crippen LogP contribution in [0.5, 0.6) is 11.5 Å². The molecule has 8 heteroatoms. The highest BCUT2D eigenvalue weighted by Crippen LogP contribution is 2.38. The second-order valence-electron chi connectivity index (χ2n) is 11.1. The van der Waals surface area contributed by atoms with Crippen molar-refractivity contribution in [2.24, 2.45) is 0 Å². The summed E-state index contributed by atoms with van der Waals surface area (Å²) < 4.78 is 21.6. The highest BCUT2D eigenvalue weighted by molar-refractivity contribution is 5.92. The largest absolute Gasteiger partial charge is 0.459 e. The molecular weight excluding hydrogens is 572 g/mol. The van der Waals surface area contributed by atoms with Crippen LogP contribution in [0.4, 0.5) is 0 Å². The maximum Gasteiger partial charge on any atom is 0.341 e. The van der Waals surface area contributed by atoms with Gasteiger partial charge in [-0.1, -0.05) is 62.2 Å². The van der Waals surface area contributed by atoms with E-state index < -0.39 is 18.5 Å². The van der Waals surface area contributed by atoms with E-state index >= 15 is 0 Å². The van der Waals surface area contributed by atoms with Crippen LogP contribution in [-0.4, -0.2) is 49.4 Å². The standard InChI is InChI=1S/C37H38O8/c1-23(2)35(39)43-31-15-10-27(11-16-31)26-6-8-29(9-7-26)33-20-30(14-19-34(33)45-37(41)25(4)22-42-5)28-12-17-32(18-13-28)44-36(40)24(3)21-38/h6-9,12-14,17-20,27,31,38H,1,3-4,10-11,15-16,21-22H2,2,5H3. The van der Waals surface area contributed by atoms with Crippen LogP contribution in [0.2, 0.25) is 0 Å². The van der Waals surface area contributed by atoms with Crippen LogP contribution in [-0.2, 0) is 23.9 Å². The van der Waals surface area contributed by atoms with E-state index in [1.165, 1.54) is 12.7 Å². The van der Waals surface area contributed by atoms with Crippen LogP contribution < -0.4 is 9.47 Å². The van der Waals surface area contributed by atoms with Crippen molar-refractivity contribution in [2.75, 3.05) is 20.3 Å². The van der Waals surface area contributed by atoms with Crippen molar-refractivity contribution < 1.29 is 38.4 Å². The number of aliphatic hydroxyl groups is 1. The Labute approximate surface area is 263 Å². The summed E-state index contributed by atoms with van der Waals surface area (Å²) in [7, 11) is 1.48. The summed E-state index contributed by atoms with van der Waals surface area (Å²) >= 11 is 0. The Kier molecular flexibility index (Phi) is 11.2. The molecule has 1 fully saturated rings. The molecule has 0 saturated heterocycles. The van der Waals surface area contributed by atoms with E-state index in [0.717, 1.165) is 42.4 Å². The summed E-state index contributed by atoms with van der Waals surface area (Å²) in [5.41, 5.74) is 5.03. The molecule has 0 bridgehead atoms. The van der Waals surface area contributed by atoms with E-state index in [1.54, 1.807) is 25.1 Å². The lowest BCUT2D eigenvalue weighted by molar-refractivity contribution is -0.145. The summed E-state index contributed by atoms with van der Waals surface area (Å²) in [6.45, 7) is 12.1. The first kappa shape index (κ1) is 33.1. The average molecular weight is 611 g/mol. The van der Waals surface area contributed by atoms with Gasteiger partial charge in [0.15, 0.2) is 0 Å². The molecule has 0 aromatic heterocycles. The zero-order valence-electron chi connectivity index (χ0n) is 25.7. The van der Waals surface area contributed by atoms with Crippen LogP contribution in [0.15, 0.2) is 103 Å². The van der Waals surface area contributed by atoms with Gasteiger partial charge in [0.05, 0.1) is 24.4 Å². The monoisotopic (exact) mass is 610 g/mol. The molecule has 1 N–H and O–H groups in total. The number of carbonyl (C=O) groups excluding carboxylic acids is 3. The van der Waals surface area contributed by atoms with Crippen LogP contribution >= 0.6 is 0 Å².